The topological polar surface area (TPSA) is 29.1 Å². The molecule has 0 spiro atoms. The Morgan fingerprint density at radius 2 is 1.67 bits per heavy atom. The molecule has 0 atom stereocenters. The van der Waals surface area contributed by atoms with Gasteiger partial charge in [-0.15, -0.1) is 0 Å². The van der Waals surface area contributed by atoms with Crippen LogP contribution in [-0.4, -0.2) is 5.91 Å². The van der Waals surface area contributed by atoms with Crippen LogP contribution >= 0.6 is 0 Å². The summed E-state index contributed by atoms with van der Waals surface area (Å²) in [5, 5.41) is 2.99. The minimum Gasteiger partial charge on any atom is -0.322 e. The smallest absolute Gasteiger partial charge is 0.251 e. The summed E-state index contributed by atoms with van der Waals surface area (Å²) in [5.41, 5.74) is 3.14. The Hall–Kier alpha value is -1.57. The molecule has 1 amide bonds. The summed E-state index contributed by atoms with van der Waals surface area (Å²) < 4.78 is 0. The molecule has 1 aliphatic carbocycles. The summed E-state index contributed by atoms with van der Waals surface area (Å²) in [5.74, 6) is 0.0839. The Bertz CT molecular complexity index is 434. The minimum absolute atomic E-state index is 0.0839. The first-order chi connectivity index (χ1) is 8.77. The molecular formula is C16H21NO. The maximum absolute atomic E-state index is 12.3. The summed E-state index contributed by atoms with van der Waals surface area (Å²) in [6.45, 7) is 2.10. The fourth-order valence-corrected chi connectivity index (χ4v) is 2.45. The monoisotopic (exact) mass is 243 g/mol. The molecule has 18 heavy (non-hydrogen) atoms. The van der Waals surface area contributed by atoms with E-state index >= 15 is 0 Å². The number of carbonyl (C=O) groups excluding carboxylic acids is 1. The second-order valence-electron chi connectivity index (χ2n) is 4.99. The van der Waals surface area contributed by atoms with Gasteiger partial charge in [0.25, 0.3) is 5.91 Å². The first-order valence-electron chi connectivity index (χ1n) is 6.82. The molecule has 2 rings (SSSR count). The Kier molecular flexibility index (Phi) is 4.57. The highest BCUT2D eigenvalue weighted by molar-refractivity contribution is 6.04. The van der Waals surface area contributed by atoms with E-state index in [1.807, 2.05) is 30.3 Å². The molecule has 96 valence electrons. The molecule has 1 aliphatic rings. The number of para-hydroxylation sites is 1. The van der Waals surface area contributed by atoms with Gasteiger partial charge in [-0.3, -0.25) is 4.79 Å². The predicted octanol–water partition coefficient (Wildman–Crippen LogP) is 4.30. The lowest BCUT2D eigenvalue weighted by Crippen LogP contribution is -2.16. The second kappa shape index (κ2) is 6.39. The summed E-state index contributed by atoms with van der Waals surface area (Å²) in [4.78, 5) is 12.3. The van der Waals surface area contributed by atoms with Crippen LogP contribution in [0.2, 0.25) is 0 Å². The molecular weight excluding hydrogens is 222 g/mol. The molecule has 1 N–H and O–H groups in total. The van der Waals surface area contributed by atoms with Crippen molar-refractivity contribution in [3.05, 3.63) is 41.5 Å². The van der Waals surface area contributed by atoms with Crippen molar-refractivity contribution in [2.45, 2.75) is 45.4 Å². The van der Waals surface area contributed by atoms with Crippen molar-refractivity contribution < 1.29 is 4.79 Å². The zero-order valence-corrected chi connectivity index (χ0v) is 11.0. The van der Waals surface area contributed by atoms with E-state index in [1.54, 1.807) is 0 Å². The molecule has 1 aromatic rings. The highest BCUT2D eigenvalue weighted by Gasteiger charge is 2.14. The van der Waals surface area contributed by atoms with Gasteiger partial charge in [-0.25, -0.2) is 0 Å². The predicted molar refractivity (Wildman–Crippen MR) is 75.5 cm³/mol. The molecule has 1 aromatic carbocycles. The van der Waals surface area contributed by atoms with E-state index in [0.29, 0.717) is 0 Å². The van der Waals surface area contributed by atoms with Crippen molar-refractivity contribution >= 4 is 11.6 Å². The molecule has 0 aliphatic heterocycles. The zero-order valence-electron chi connectivity index (χ0n) is 11.0. The zero-order chi connectivity index (χ0) is 12.8. The van der Waals surface area contributed by atoms with Crippen LogP contribution in [0.15, 0.2) is 41.5 Å². The summed E-state index contributed by atoms with van der Waals surface area (Å²) in [6, 6.07) is 9.69. The van der Waals surface area contributed by atoms with Crippen LogP contribution in [0.1, 0.15) is 45.4 Å². The standard InChI is InChI=1S/C16H21NO/c1-13-9-5-2-3-8-12-15(13)16(18)17-14-10-6-4-7-11-14/h4,6-7,10-11H,2-3,5,8-9,12H2,1H3,(H,17,18)/b15-13+. The van der Waals surface area contributed by atoms with Crippen LogP contribution in [0.5, 0.6) is 0 Å². The quantitative estimate of drug-likeness (QED) is 0.824. The molecule has 0 unspecified atom stereocenters. The van der Waals surface area contributed by atoms with Gasteiger partial charge in [0.2, 0.25) is 0 Å². The van der Waals surface area contributed by atoms with E-state index in [1.165, 1.54) is 24.8 Å². The fourth-order valence-electron chi connectivity index (χ4n) is 2.45. The maximum Gasteiger partial charge on any atom is 0.251 e. The van der Waals surface area contributed by atoms with E-state index < -0.39 is 0 Å². The third-order valence-corrected chi connectivity index (χ3v) is 3.55. The Labute approximate surface area is 109 Å². The van der Waals surface area contributed by atoms with Crippen molar-refractivity contribution in [1.82, 2.24) is 0 Å². The van der Waals surface area contributed by atoms with Crippen LogP contribution in [0.25, 0.3) is 0 Å². The average Bonchev–Trinajstić information content (AvgIpc) is 2.35. The molecule has 0 heterocycles. The number of allylic oxidation sites excluding steroid dienone is 1. The normalized spacial score (nSPS) is 20.9. The molecule has 0 aromatic heterocycles. The molecule has 2 nitrogen and oxygen atoms in total. The number of benzene rings is 1. The molecule has 2 heteroatoms. The van der Waals surface area contributed by atoms with Crippen molar-refractivity contribution in [2.75, 3.05) is 5.32 Å². The van der Waals surface area contributed by atoms with Gasteiger partial charge < -0.3 is 5.32 Å². The summed E-state index contributed by atoms with van der Waals surface area (Å²) in [6.07, 6.45) is 6.88. The van der Waals surface area contributed by atoms with E-state index in [-0.39, 0.29) is 5.91 Å². The SMILES string of the molecule is C/C1=C(\C(=O)Nc2ccccc2)CCCCCC1. The number of anilines is 1. The first kappa shape index (κ1) is 12.9. The van der Waals surface area contributed by atoms with Crippen LogP contribution in [0, 0.1) is 0 Å². The first-order valence-corrected chi connectivity index (χ1v) is 6.82. The largest absolute Gasteiger partial charge is 0.322 e. The Balaban J connectivity index is 2.09. The third kappa shape index (κ3) is 3.46. The average molecular weight is 243 g/mol. The van der Waals surface area contributed by atoms with Gasteiger partial charge in [0.05, 0.1) is 0 Å². The second-order valence-corrected chi connectivity index (χ2v) is 4.99. The van der Waals surface area contributed by atoms with Crippen molar-refractivity contribution in [1.29, 1.82) is 0 Å². The number of carbonyl (C=O) groups is 1. The van der Waals surface area contributed by atoms with Crippen LogP contribution in [0.4, 0.5) is 5.69 Å². The van der Waals surface area contributed by atoms with E-state index in [2.05, 4.69) is 12.2 Å². The lowest BCUT2D eigenvalue weighted by atomic mass is 9.94. The minimum atomic E-state index is 0.0839. The van der Waals surface area contributed by atoms with Crippen LogP contribution in [-0.2, 0) is 4.79 Å². The van der Waals surface area contributed by atoms with Gasteiger partial charge in [0.15, 0.2) is 0 Å². The van der Waals surface area contributed by atoms with Crippen LogP contribution < -0.4 is 5.32 Å². The number of rotatable bonds is 2. The van der Waals surface area contributed by atoms with E-state index in [4.69, 9.17) is 0 Å². The van der Waals surface area contributed by atoms with Gasteiger partial charge in [0.1, 0.15) is 0 Å². The fraction of sp³-hybridized carbons (Fsp3) is 0.438. The highest BCUT2D eigenvalue weighted by Crippen LogP contribution is 2.23. The van der Waals surface area contributed by atoms with Gasteiger partial charge in [-0.05, 0) is 44.7 Å². The van der Waals surface area contributed by atoms with Crippen LogP contribution in [0.3, 0.4) is 0 Å². The molecule has 0 bridgehead atoms. The third-order valence-electron chi connectivity index (χ3n) is 3.55. The highest BCUT2D eigenvalue weighted by atomic mass is 16.1. The van der Waals surface area contributed by atoms with E-state index in [0.717, 1.165) is 30.5 Å². The Morgan fingerprint density at radius 3 is 2.39 bits per heavy atom. The summed E-state index contributed by atoms with van der Waals surface area (Å²) >= 11 is 0. The van der Waals surface area contributed by atoms with Crippen molar-refractivity contribution in [3.8, 4) is 0 Å². The molecule has 0 saturated heterocycles. The summed E-state index contributed by atoms with van der Waals surface area (Å²) in [7, 11) is 0. The molecule has 0 fully saturated rings. The van der Waals surface area contributed by atoms with Gasteiger partial charge in [0, 0.05) is 11.3 Å². The van der Waals surface area contributed by atoms with E-state index in [9.17, 15) is 4.79 Å². The van der Waals surface area contributed by atoms with Crippen molar-refractivity contribution in [2.24, 2.45) is 0 Å². The molecule has 0 saturated carbocycles. The number of hydrogen-bond acceptors (Lipinski definition) is 1. The number of amides is 1. The van der Waals surface area contributed by atoms with Crippen molar-refractivity contribution in [3.63, 3.8) is 0 Å². The van der Waals surface area contributed by atoms with Gasteiger partial charge in [-0.1, -0.05) is 36.6 Å². The lowest BCUT2D eigenvalue weighted by Gasteiger charge is -2.15. The lowest BCUT2D eigenvalue weighted by molar-refractivity contribution is -0.113. The van der Waals surface area contributed by atoms with Gasteiger partial charge in [-0.2, -0.15) is 0 Å². The maximum atomic E-state index is 12.3. The number of hydrogen-bond donors (Lipinski definition) is 1. The molecule has 0 radical (unpaired) electrons. The Morgan fingerprint density at radius 1 is 1.00 bits per heavy atom. The number of nitrogens with one attached hydrogen (secondary N) is 1. The van der Waals surface area contributed by atoms with Gasteiger partial charge >= 0.3 is 0 Å².